The Balaban J connectivity index is 3.87. The maximum Gasteiger partial charge on any atom is 0.244 e. The average Bonchev–Trinajstić information content (AvgIpc) is 2.17. The van der Waals surface area contributed by atoms with Crippen LogP contribution in [0.5, 0.6) is 0 Å². The predicted octanol–water partition coefficient (Wildman–Crippen LogP) is -0.0953. The first kappa shape index (κ1) is 12.9. The second-order valence-electron chi connectivity index (χ2n) is 2.93. The molecule has 3 N–H and O–H groups in total. The lowest BCUT2D eigenvalue weighted by atomic mass is 10.3. The molecule has 0 aliphatic carbocycles. The molecule has 0 fully saturated rings. The van der Waals surface area contributed by atoms with Gasteiger partial charge >= 0.3 is 0 Å². The van der Waals surface area contributed by atoms with Gasteiger partial charge in [-0.15, -0.1) is 0 Å². The van der Waals surface area contributed by atoms with Crippen molar-refractivity contribution in [2.75, 3.05) is 20.3 Å². The first-order valence-electron chi connectivity index (χ1n) is 4.70. The van der Waals surface area contributed by atoms with Gasteiger partial charge in [-0.1, -0.05) is 6.92 Å². The van der Waals surface area contributed by atoms with Crippen molar-refractivity contribution in [2.45, 2.75) is 26.3 Å². The lowest BCUT2D eigenvalue weighted by molar-refractivity contribution is -0.122. The molecule has 0 spiro atoms. The molecule has 0 aromatic heterocycles. The molecule has 0 saturated carbocycles. The van der Waals surface area contributed by atoms with Crippen molar-refractivity contribution < 1.29 is 9.53 Å². The van der Waals surface area contributed by atoms with E-state index in [1.165, 1.54) is 0 Å². The highest BCUT2D eigenvalue weighted by Gasteiger charge is 2.10. The molecule has 5 nitrogen and oxygen atoms in total. The summed E-state index contributed by atoms with van der Waals surface area (Å²) in [4.78, 5) is 15.4. The number of nitrogens with two attached hydrogens (primary N) is 1. The molecule has 0 aromatic rings. The zero-order valence-electron chi connectivity index (χ0n) is 9.04. The van der Waals surface area contributed by atoms with Crippen LogP contribution in [0.4, 0.5) is 0 Å². The van der Waals surface area contributed by atoms with E-state index in [0.29, 0.717) is 25.4 Å². The number of carbonyl (C=O) groups excluding carboxylic acids is 1. The van der Waals surface area contributed by atoms with Crippen molar-refractivity contribution in [2.24, 2.45) is 10.7 Å². The third kappa shape index (κ3) is 5.53. The van der Waals surface area contributed by atoms with E-state index >= 15 is 0 Å². The van der Waals surface area contributed by atoms with Crippen LogP contribution in [-0.4, -0.2) is 38.0 Å². The molecular weight excluding hydrogens is 182 g/mol. The summed E-state index contributed by atoms with van der Waals surface area (Å²) in [6.07, 6.45) is 0.662. The molecule has 0 aromatic carbocycles. The fraction of sp³-hybridized carbons (Fsp3) is 0.778. The molecule has 1 atom stereocenters. The van der Waals surface area contributed by atoms with E-state index in [9.17, 15) is 4.79 Å². The van der Waals surface area contributed by atoms with Crippen molar-refractivity contribution in [3.8, 4) is 0 Å². The molecule has 0 radical (unpaired) electrons. The van der Waals surface area contributed by atoms with Gasteiger partial charge in [0.05, 0.1) is 12.4 Å². The van der Waals surface area contributed by atoms with Gasteiger partial charge in [0.1, 0.15) is 6.04 Å². The van der Waals surface area contributed by atoms with Crippen molar-refractivity contribution in [3.63, 3.8) is 0 Å². The van der Waals surface area contributed by atoms with Gasteiger partial charge < -0.3 is 15.8 Å². The van der Waals surface area contributed by atoms with E-state index in [2.05, 4.69) is 10.3 Å². The summed E-state index contributed by atoms with van der Waals surface area (Å²) in [5.41, 5.74) is 5.51. The molecule has 0 saturated heterocycles. The van der Waals surface area contributed by atoms with Gasteiger partial charge in [-0.2, -0.15) is 0 Å². The summed E-state index contributed by atoms with van der Waals surface area (Å²) in [6, 6.07) is -0.424. The number of hydrogen-bond donors (Lipinski definition) is 2. The Bertz CT molecular complexity index is 204. The standard InChI is InChI=1S/C9H19N3O2/c1-4-8(10)12-7(2)9(13)11-5-6-14-3/h7H,4-6H2,1-3H3,(H2,10,12)(H,11,13). The number of carbonyl (C=O) groups is 1. The van der Waals surface area contributed by atoms with Crippen LogP contribution in [0, 0.1) is 0 Å². The summed E-state index contributed by atoms with van der Waals surface area (Å²) in [5, 5.41) is 2.69. The first-order valence-corrected chi connectivity index (χ1v) is 4.70. The van der Waals surface area contributed by atoms with Crippen LogP contribution in [0.1, 0.15) is 20.3 Å². The topological polar surface area (TPSA) is 76.7 Å². The van der Waals surface area contributed by atoms with E-state index in [1.54, 1.807) is 14.0 Å². The van der Waals surface area contributed by atoms with E-state index in [0.717, 1.165) is 0 Å². The minimum Gasteiger partial charge on any atom is -0.387 e. The van der Waals surface area contributed by atoms with Crippen LogP contribution in [-0.2, 0) is 9.53 Å². The van der Waals surface area contributed by atoms with Crippen molar-refractivity contribution in [1.82, 2.24) is 5.32 Å². The number of hydrogen-bond acceptors (Lipinski definition) is 3. The SMILES string of the molecule is CCC(N)=NC(C)C(=O)NCCOC. The fourth-order valence-electron chi connectivity index (χ4n) is 0.823. The fourth-order valence-corrected chi connectivity index (χ4v) is 0.823. The van der Waals surface area contributed by atoms with Crippen LogP contribution >= 0.6 is 0 Å². The van der Waals surface area contributed by atoms with Gasteiger partial charge in [-0.3, -0.25) is 9.79 Å². The number of aliphatic imine (C=N–C) groups is 1. The smallest absolute Gasteiger partial charge is 0.244 e. The lowest BCUT2D eigenvalue weighted by Gasteiger charge is -2.08. The molecule has 0 aliphatic heterocycles. The van der Waals surface area contributed by atoms with Gasteiger partial charge in [0, 0.05) is 20.1 Å². The highest BCUT2D eigenvalue weighted by atomic mass is 16.5. The highest BCUT2D eigenvalue weighted by molar-refractivity contribution is 5.87. The number of nitrogens with one attached hydrogen (secondary N) is 1. The average molecular weight is 201 g/mol. The van der Waals surface area contributed by atoms with Crippen molar-refractivity contribution in [1.29, 1.82) is 0 Å². The lowest BCUT2D eigenvalue weighted by Crippen LogP contribution is -2.35. The Morgan fingerprint density at radius 3 is 2.79 bits per heavy atom. The maximum absolute atomic E-state index is 11.3. The molecule has 82 valence electrons. The number of nitrogens with zero attached hydrogens (tertiary/aromatic N) is 1. The molecular formula is C9H19N3O2. The molecule has 0 rings (SSSR count). The Kier molecular flexibility index (Phi) is 6.74. The van der Waals surface area contributed by atoms with E-state index in [-0.39, 0.29) is 5.91 Å². The summed E-state index contributed by atoms with van der Waals surface area (Å²) < 4.78 is 4.80. The third-order valence-electron chi connectivity index (χ3n) is 1.71. The van der Waals surface area contributed by atoms with Crippen LogP contribution in [0.25, 0.3) is 0 Å². The quantitative estimate of drug-likeness (QED) is 0.358. The number of rotatable bonds is 6. The van der Waals surface area contributed by atoms with Gasteiger partial charge in [0.2, 0.25) is 5.91 Å². The van der Waals surface area contributed by atoms with Gasteiger partial charge in [0.25, 0.3) is 0 Å². The van der Waals surface area contributed by atoms with Crippen LogP contribution in [0.3, 0.4) is 0 Å². The van der Waals surface area contributed by atoms with Gasteiger partial charge in [-0.25, -0.2) is 0 Å². The number of amidine groups is 1. The Morgan fingerprint density at radius 2 is 2.29 bits per heavy atom. The molecule has 14 heavy (non-hydrogen) atoms. The number of ether oxygens (including phenoxy) is 1. The maximum atomic E-state index is 11.3. The summed E-state index contributed by atoms with van der Waals surface area (Å²) >= 11 is 0. The Morgan fingerprint density at radius 1 is 1.64 bits per heavy atom. The third-order valence-corrected chi connectivity index (χ3v) is 1.71. The highest BCUT2D eigenvalue weighted by Crippen LogP contribution is 1.91. The van der Waals surface area contributed by atoms with E-state index in [1.807, 2.05) is 6.92 Å². The molecule has 0 aliphatic rings. The second-order valence-corrected chi connectivity index (χ2v) is 2.93. The monoisotopic (exact) mass is 201 g/mol. The van der Waals surface area contributed by atoms with Crippen molar-refractivity contribution >= 4 is 11.7 Å². The number of methoxy groups -OCH3 is 1. The molecule has 5 heteroatoms. The zero-order valence-corrected chi connectivity index (χ0v) is 9.04. The molecule has 1 amide bonds. The number of amides is 1. The largest absolute Gasteiger partial charge is 0.387 e. The van der Waals surface area contributed by atoms with Gasteiger partial charge in [-0.05, 0) is 6.92 Å². The normalized spacial score (nSPS) is 13.8. The summed E-state index contributed by atoms with van der Waals surface area (Å²) in [7, 11) is 1.59. The first-order chi connectivity index (χ1) is 6.61. The minimum absolute atomic E-state index is 0.126. The van der Waals surface area contributed by atoms with E-state index in [4.69, 9.17) is 10.5 Å². The van der Waals surface area contributed by atoms with Crippen LogP contribution in [0.15, 0.2) is 4.99 Å². The summed E-state index contributed by atoms with van der Waals surface area (Å²) in [5.74, 6) is 0.373. The molecule has 0 heterocycles. The van der Waals surface area contributed by atoms with Crippen LogP contribution in [0.2, 0.25) is 0 Å². The Labute approximate surface area is 84.7 Å². The van der Waals surface area contributed by atoms with Gasteiger partial charge in [0.15, 0.2) is 0 Å². The summed E-state index contributed by atoms with van der Waals surface area (Å²) in [6.45, 7) is 4.62. The van der Waals surface area contributed by atoms with Crippen molar-refractivity contribution in [3.05, 3.63) is 0 Å². The Hall–Kier alpha value is -1.10. The van der Waals surface area contributed by atoms with E-state index < -0.39 is 6.04 Å². The molecule has 1 unspecified atom stereocenters. The molecule has 0 bridgehead atoms. The minimum atomic E-state index is -0.424. The second kappa shape index (κ2) is 7.32. The predicted molar refractivity (Wildman–Crippen MR) is 56.3 cm³/mol. The zero-order chi connectivity index (χ0) is 11.0. The van der Waals surface area contributed by atoms with Crippen LogP contribution < -0.4 is 11.1 Å².